The summed E-state index contributed by atoms with van der Waals surface area (Å²) in [6.45, 7) is 4.30. The highest BCUT2D eigenvalue weighted by Crippen LogP contribution is 2.31. The lowest BCUT2D eigenvalue weighted by atomic mass is 10.3. The molecule has 0 atom stereocenters. The number of anilines is 2. The van der Waals surface area contributed by atoms with Crippen LogP contribution in [0.3, 0.4) is 0 Å². The second kappa shape index (κ2) is 5.01. The number of rotatable bonds is 1. The van der Waals surface area contributed by atoms with Crippen molar-refractivity contribution in [2.24, 2.45) is 0 Å². The molecule has 2 heterocycles. The van der Waals surface area contributed by atoms with Crippen LogP contribution < -0.4 is 10.6 Å². The number of halogens is 1. The molecule has 1 aliphatic rings. The van der Waals surface area contributed by atoms with Crippen LogP contribution in [-0.2, 0) is 0 Å². The minimum Gasteiger partial charge on any atom is -0.396 e. The average molecular weight is 285 g/mol. The number of aromatic nitrogens is 1. The van der Waals surface area contributed by atoms with Gasteiger partial charge in [-0.15, -0.1) is 0 Å². The first kappa shape index (κ1) is 11.7. The Labute approximate surface area is 105 Å². The first-order chi connectivity index (χ1) is 7.68. The van der Waals surface area contributed by atoms with Crippen LogP contribution in [0.15, 0.2) is 16.9 Å². The Kier molecular flexibility index (Phi) is 3.66. The van der Waals surface area contributed by atoms with Crippen LogP contribution in [0.2, 0.25) is 0 Å². The Balaban J connectivity index is 2.23. The van der Waals surface area contributed by atoms with Gasteiger partial charge in [-0.1, -0.05) is 0 Å². The van der Waals surface area contributed by atoms with Gasteiger partial charge < -0.3 is 15.5 Å². The fourth-order valence-electron chi connectivity index (χ4n) is 2.05. The number of nitrogen functional groups attached to an aromatic ring is 1. The maximum atomic E-state index is 5.99. The topological polar surface area (TPSA) is 45.4 Å². The summed E-state index contributed by atoms with van der Waals surface area (Å²) in [7, 11) is 2.16. The van der Waals surface area contributed by atoms with Gasteiger partial charge in [-0.05, 0) is 35.9 Å². The van der Waals surface area contributed by atoms with Crippen LogP contribution in [-0.4, -0.2) is 43.1 Å². The van der Waals surface area contributed by atoms with Gasteiger partial charge in [0.2, 0.25) is 0 Å². The molecule has 1 aromatic rings. The zero-order chi connectivity index (χ0) is 11.5. The van der Waals surface area contributed by atoms with Crippen LogP contribution in [0, 0.1) is 0 Å². The molecule has 0 bridgehead atoms. The molecule has 16 heavy (non-hydrogen) atoms. The molecule has 0 saturated carbocycles. The summed E-state index contributed by atoms with van der Waals surface area (Å²) in [6.07, 6.45) is 4.69. The zero-order valence-corrected chi connectivity index (χ0v) is 11.1. The van der Waals surface area contributed by atoms with E-state index in [0.29, 0.717) is 0 Å². The van der Waals surface area contributed by atoms with Gasteiger partial charge in [0.1, 0.15) is 0 Å². The number of hydrogen-bond acceptors (Lipinski definition) is 4. The molecule has 1 saturated heterocycles. The Bertz CT molecular complexity index is 349. The van der Waals surface area contributed by atoms with E-state index in [9.17, 15) is 0 Å². The highest BCUT2D eigenvalue weighted by Gasteiger charge is 2.17. The minimum atomic E-state index is 0.749. The summed E-state index contributed by atoms with van der Waals surface area (Å²) >= 11 is 3.53. The van der Waals surface area contributed by atoms with E-state index in [0.717, 1.165) is 42.0 Å². The molecule has 2 N–H and O–H groups in total. The Morgan fingerprint density at radius 3 is 2.81 bits per heavy atom. The average Bonchev–Trinajstić information content (AvgIpc) is 2.44. The molecule has 0 aliphatic carbocycles. The molecule has 0 aromatic carbocycles. The van der Waals surface area contributed by atoms with Crippen molar-refractivity contribution < 1.29 is 0 Å². The molecule has 0 radical (unpaired) electrons. The predicted molar refractivity (Wildman–Crippen MR) is 70.7 cm³/mol. The zero-order valence-electron chi connectivity index (χ0n) is 9.49. The number of nitrogens with zero attached hydrogens (tertiary/aromatic N) is 3. The molecule has 4 nitrogen and oxygen atoms in total. The van der Waals surface area contributed by atoms with Crippen molar-refractivity contribution in [2.75, 3.05) is 43.9 Å². The molecule has 1 aromatic heterocycles. The molecule has 5 heteroatoms. The highest BCUT2D eigenvalue weighted by atomic mass is 79.9. The van der Waals surface area contributed by atoms with Crippen molar-refractivity contribution in [2.45, 2.75) is 6.42 Å². The Morgan fingerprint density at radius 1 is 1.25 bits per heavy atom. The van der Waals surface area contributed by atoms with Crippen molar-refractivity contribution in [1.82, 2.24) is 9.88 Å². The van der Waals surface area contributed by atoms with E-state index in [1.807, 2.05) is 0 Å². The lowest BCUT2D eigenvalue weighted by molar-refractivity contribution is 0.360. The predicted octanol–water partition coefficient (Wildman–Crippen LogP) is 1.57. The van der Waals surface area contributed by atoms with Crippen molar-refractivity contribution in [3.8, 4) is 0 Å². The van der Waals surface area contributed by atoms with E-state index in [-0.39, 0.29) is 0 Å². The summed E-state index contributed by atoms with van der Waals surface area (Å²) in [5, 5.41) is 0. The second-order valence-corrected chi connectivity index (χ2v) is 5.06. The summed E-state index contributed by atoms with van der Waals surface area (Å²) < 4.78 is 0.983. The van der Waals surface area contributed by atoms with Gasteiger partial charge in [0.15, 0.2) is 0 Å². The van der Waals surface area contributed by atoms with Crippen LogP contribution in [0.1, 0.15) is 6.42 Å². The molecule has 0 spiro atoms. The Morgan fingerprint density at radius 2 is 2.06 bits per heavy atom. The van der Waals surface area contributed by atoms with Crippen molar-refractivity contribution in [1.29, 1.82) is 0 Å². The molecule has 1 aliphatic heterocycles. The van der Waals surface area contributed by atoms with Crippen LogP contribution in [0.4, 0.5) is 11.4 Å². The quantitative estimate of drug-likeness (QED) is 0.850. The third-order valence-corrected chi connectivity index (χ3v) is 3.52. The largest absolute Gasteiger partial charge is 0.396 e. The van der Waals surface area contributed by atoms with Crippen LogP contribution in [0.5, 0.6) is 0 Å². The molecular formula is C11H17BrN4. The first-order valence-electron chi connectivity index (χ1n) is 5.51. The number of pyridine rings is 1. The van der Waals surface area contributed by atoms with E-state index in [4.69, 9.17) is 5.73 Å². The van der Waals surface area contributed by atoms with E-state index < -0.39 is 0 Å². The highest BCUT2D eigenvalue weighted by molar-refractivity contribution is 9.10. The number of likely N-dealkylation sites (N-methyl/N-ethyl adjacent to an activating group) is 1. The monoisotopic (exact) mass is 284 g/mol. The van der Waals surface area contributed by atoms with Gasteiger partial charge in [0, 0.05) is 25.8 Å². The number of nitrogens with two attached hydrogens (primary N) is 1. The van der Waals surface area contributed by atoms with Crippen LogP contribution in [0.25, 0.3) is 0 Å². The second-order valence-electron chi connectivity index (χ2n) is 4.20. The van der Waals surface area contributed by atoms with E-state index in [1.54, 1.807) is 12.4 Å². The van der Waals surface area contributed by atoms with Gasteiger partial charge in [0.25, 0.3) is 0 Å². The van der Waals surface area contributed by atoms with Gasteiger partial charge in [-0.25, -0.2) is 0 Å². The van der Waals surface area contributed by atoms with Crippen molar-refractivity contribution in [3.63, 3.8) is 0 Å². The SMILES string of the molecule is CN1CCCN(c2c(N)cncc2Br)CC1. The van der Waals surface area contributed by atoms with Gasteiger partial charge in [-0.3, -0.25) is 4.98 Å². The van der Waals surface area contributed by atoms with Gasteiger partial charge >= 0.3 is 0 Å². The summed E-state index contributed by atoms with van der Waals surface area (Å²) in [4.78, 5) is 8.76. The van der Waals surface area contributed by atoms with Crippen molar-refractivity contribution in [3.05, 3.63) is 16.9 Å². The lowest BCUT2D eigenvalue weighted by Gasteiger charge is -2.25. The van der Waals surface area contributed by atoms with E-state index in [2.05, 4.69) is 37.8 Å². The third-order valence-electron chi connectivity index (χ3n) is 2.94. The summed E-state index contributed by atoms with van der Waals surface area (Å²) in [5.74, 6) is 0. The standard InChI is InChI=1S/C11H17BrN4/c1-15-3-2-4-16(6-5-15)11-9(12)7-14-8-10(11)13/h7-8H,2-6,13H2,1H3. The number of hydrogen-bond donors (Lipinski definition) is 1. The molecule has 88 valence electrons. The fourth-order valence-corrected chi connectivity index (χ4v) is 2.64. The molecule has 0 amide bonds. The van der Waals surface area contributed by atoms with Gasteiger partial charge in [-0.2, -0.15) is 0 Å². The van der Waals surface area contributed by atoms with Crippen molar-refractivity contribution >= 4 is 27.3 Å². The fraction of sp³-hybridized carbons (Fsp3) is 0.545. The molecule has 0 unspecified atom stereocenters. The first-order valence-corrected chi connectivity index (χ1v) is 6.30. The molecule has 1 fully saturated rings. The van der Waals surface area contributed by atoms with Gasteiger partial charge in [0.05, 0.1) is 22.0 Å². The normalized spacial score (nSPS) is 18.5. The molecule has 2 rings (SSSR count). The Hall–Kier alpha value is -0.810. The maximum Gasteiger partial charge on any atom is 0.0776 e. The molecular weight excluding hydrogens is 268 g/mol. The smallest absolute Gasteiger partial charge is 0.0776 e. The summed E-state index contributed by atoms with van der Waals surface area (Å²) in [6, 6.07) is 0. The third kappa shape index (κ3) is 2.47. The van der Waals surface area contributed by atoms with E-state index >= 15 is 0 Å². The lowest BCUT2D eigenvalue weighted by Crippen LogP contribution is -2.29. The van der Waals surface area contributed by atoms with E-state index in [1.165, 1.54) is 6.42 Å². The minimum absolute atomic E-state index is 0.749. The maximum absolute atomic E-state index is 5.99. The van der Waals surface area contributed by atoms with Crippen LogP contribution >= 0.6 is 15.9 Å². The summed E-state index contributed by atoms with van der Waals surface area (Å²) in [5.41, 5.74) is 7.83.